The van der Waals surface area contributed by atoms with Crippen LogP contribution in [0.2, 0.25) is 0 Å². The molecule has 0 fully saturated rings. The third-order valence-corrected chi connectivity index (χ3v) is 4.36. The van der Waals surface area contributed by atoms with E-state index in [0.29, 0.717) is 0 Å². The van der Waals surface area contributed by atoms with Crippen molar-refractivity contribution in [2.75, 3.05) is 0 Å². The molecule has 120 valence electrons. The first kappa shape index (κ1) is 18.5. The molecule has 2 aromatic rings. The zero-order chi connectivity index (χ0) is 16.6. The predicted octanol–water partition coefficient (Wildman–Crippen LogP) is 6.69. The molecule has 2 rings (SSSR count). The molecule has 0 saturated heterocycles. The van der Waals surface area contributed by atoms with E-state index in [9.17, 15) is 0 Å². The molecule has 0 heterocycles. The second-order valence-corrected chi connectivity index (χ2v) is 6.54. The number of hydrogen-bond acceptors (Lipinski definition) is 0. The molecule has 0 N–H and O–H groups in total. The molecule has 0 nitrogen and oxygen atoms in total. The first-order valence-corrected chi connectivity index (χ1v) is 8.62. The van der Waals surface area contributed by atoms with Crippen LogP contribution in [0.5, 0.6) is 0 Å². The second-order valence-electron chi connectivity index (χ2n) is 6.54. The van der Waals surface area contributed by atoms with Crippen LogP contribution in [0.1, 0.15) is 69.7 Å². The largest absolute Gasteiger partial charge is 0.0654 e. The molecular weight excluding hydrogens is 264 g/mol. The van der Waals surface area contributed by atoms with Crippen LogP contribution in [0.15, 0.2) is 48.5 Å². The van der Waals surface area contributed by atoms with Gasteiger partial charge in [-0.15, -0.1) is 0 Å². The highest BCUT2D eigenvalue weighted by Gasteiger charge is 2.22. The Labute approximate surface area is 137 Å². The monoisotopic (exact) mass is 296 g/mol. The van der Waals surface area contributed by atoms with Crippen LogP contribution < -0.4 is 0 Å². The maximum absolute atomic E-state index is 2.29. The normalized spacial score (nSPS) is 10.8. The Morgan fingerprint density at radius 1 is 0.682 bits per heavy atom. The lowest BCUT2D eigenvalue weighted by atomic mass is 9.78. The van der Waals surface area contributed by atoms with Gasteiger partial charge < -0.3 is 0 Å². The van der Waals surface area contributed by atoms with Crippen molar-refractivity contribution in [2.45, 2.75) is 66.2 Å². The van der Waals surface area contributed by atoms with Crippen LogP contribution >= 0.6 is 0 Å². The molecule has 0 heteroatoms. The van der Waals surface area contributed by atoms with Crippen LogP contribution in [0.4, 0.5) is 0 Å². The molecule has 0 saturated carbocycles. The van der Waals surface area contributed by atoms with Crippen molar-refractivity contribution in [2.24, 2.45) is 0 Å². The number of aryl methyl sites for hydroxylation is 2. The minimum absolute atomic E-state index is 0.0694. The summed E-state index contributed by atoms with van der Waals surface area (Å²) in [6.45, 7) is 13.3. The molecule has 2 aromatic carbocycles. The van der Waals surface area contributed by atoms with Gasteiger partial charge in [0.25, 0.3) is 0 Å². The summed E-state index contributed by atoms with van der Waals surface area (Å²) in [6, 6.07) is 17.9. The molecule has 0 amide bonds. The summed E-state index contributed by atoms with van der Waals surface area (Å²) in [5, 5.41) is 0. The van der Waals surface area contributed by atoms with Crippen molar-refractivity contribution in [1.29, 1.82) is 0 Å². The predicted molar refractivity (Wildman–Crippen MR) is 99.7 cm³/mol. The van der Waals surface area contributed by atoms with Gasteiger partial charge in [-0.05, 0) is 30.0 Å². The van der Waals surface area contributed by atoms with Gasteiger partial charge in [0.2, 0.25) is 0 Å². The lowest BCUT2D eigenvalue weighted by Gasteiger charge is -2.26. The Bertz CT molecular complexity index is 527. The van der Waals surface area contributed by atoms with Crippen molar-refractivity contribution in [3.63, 3.8) is 0 Å². The van der Waals surface area contributed by atoms with Crippen molar-refractivity contribution in [3.05, 3.63) is 70.8 Å². The summed E-state index contributed by atoms with van der Waals surface area (Å²) in [6.07, 6.45) is 3.74. The highest BCUT2D eigenvalue weighted by atomic mass is 14.3. The van der Waals surface area contributed by atoms with Gasteiger partial charge in [-0.3, -0.25) is 0 Å². The highest BCUT2D eigenvalue weighted by Crippen LogP contribution is 2.31. The molecule has 22 heavy (non-hydrogen) atoms. The minimum atomic E-state index is 0.0694. The van der Waals surface area contributed by atoms with Crippen LogP contribution in [-0.4, -0.2) is 0 Å². The van der Waals surface area contributed by atoms with Gasteiger partial charge >= 0.3 is 0 Å². The van der Waals surface area contributed by atoms with E-state index in [-0.39, 0.29) is 5.41 Å². The van der Waals surface area contributed by atoms with Crippen molar-refractivity contribution in [3.8, 4) is 0 Å². The van der Waals surface area contributed by atoms with Gasteiger partial charge in [0.05, 0.1) is 0 Å². The molecule has 0 aliphatic rings. The van der Waals surface area contributed by atoms with Crippen molar-refractivity contribution in [1.82, 2.24) is 0 Å². The van der Waals surface area contributed by atoms with Gasteiger partial charge in [-0.25, -0.2) is 0 Å². The summed E-state index contributed by atoms with van der Waals surface area (Å²) in [7, 11) is 0. The van der Waals surface area contributed by atoms with Gasteiger partial charge in [0.15, 0.2) is 0 Å². The second kappa shape index (κ2) is 8.78. The third-order valence-electron chi connectivity index (χ3n) is 4.36. The van der Waals surface area contributed by atoms with Gasteiger partial charge in [0.1, 0.15) is 0 Å². The molecule has 0 unspecified atom stereocenters. The van der Waals surface area contributed by atoms with Crippen molar-refractivity contribution >= 4 is 0 Å². The summed E-state index contributed by atoms with van der Waals surface area (Å²) in [4.78, 5) is 0. The summed E-state index contributed by atoms with van der Waals surface area (Å²) >= 11 is 0. The van der Waals surface area contributed by atoms with Gasteiger partial charge in [0, 0.05) is 5.41 Å². The van der Waals surface area contributed by atoms with Crippen LogP contribution in [0.25, 0.3) is 0 Å². The maximum atomic E-state index is 2.29. The lowest BCUT2D eigenvalue weighted by Crippen LogP contribution is -2.18. The van der Waals surface area contributed by atoms with E-state index in [1.54, 1.807) is 0 Å². The Kier molecular flexibility index (Phi) is 7.38. The average Bonchev–Trinajstić information content (AvgIpc) is 2.55. The molecule has 0 aromatic heterocycles. The molecule has 0 aliphatic heterocycles. The molecular formula is C22H32. The molecule has 0 atom stereocenters. The van der Waals surface area contributed by atoms with E-state index < -0.39 is 0 Å². The first-order valence-electron chi connectivity index (χ1n) is 8.62. The SMILES string of the molecule is CCCC.CCc1ccc(C(C)(C)c2ccc(C)cc2)cc1. The Hall–Kier alpha value is -1.56. The average molecular weight is 296 g/mol. The molecule has 0 aliphatic carbocycles. The van der Waals surface area contributed by atoms with Gasteiger partial charge in [-0.1, -0.05) is 102 Å². The quantitative estimate of drug-likeness (QED) is 0.589. The van der Waals surface area contributed by atoms with Gasteiger partial charge in [-0.2, -0.15) is 0 Å². The van der Waals surface area contributed by atoms with Crippen LogP contribution in [0, 0.1) is 6.92 Å². The molecule has 0 bridgehead atoms. The van der Waals surface area contributed by atoms with E-state index in [2.05, 4.69) is 90.1 Å². The fourth-order valence-corrected chi connectivity index (χ4v) is 2.29. The number of rotatable bonds is 4. The Balaban J connectivity index is 0.000000541. The van der Waals surface area contributed by atoms with Crippen LogP contribution in [-0.2, 0) is 11.8 Å². The maximum Gasteiger partial charge on any atom is 0.0146 e. The zero-order valence-corrected chi connectivity index (χ0v) is 15.2. The summed E-state index contributed by atoms with van der Waals surface area (Å²) in [5.41, 5.74) is 5.54. The van der Waals surface area contributed by atoms with E-state index >= 15 is 0 Å². The number of hydrogen-bond donors (Lipinski definition) is 0. The van der Waals surface area contributed by atoms with E-state index in [1.807, 2.05) is 0 Å². The highest BCUT2D eigenvalue weighted by molar-refractivity contribution is 5.39. The first-order chi connectivity index (χ1) is 10.5. The fraction of sp³-hybridized carbons (Fsp3) is 0.455. The van der Waals surface area contributed by atoms with Crippen LogP contribution in [0.3, 0.4) is 0 Å². The smallest absolute Gasteiger partial charge is 0.0146 e. The Morgan fingerprint density at radius 2 is 1.09 bits per heavy atom. The van der Waals surface area contributed by atoms with E-state index in [4.69, 9.17) is 0 Å². The topological polar surface area (TPSA) is 0 Å². The number of benzene rings is 2. The Morgan fingerprint density at radius 3 is 1.45 bits per heavy atom. The molecule has 0 radical (unpaired) electrons. The minimum Gasteiger partial charge on any atom is -0.0654 e. The summed E-state index contributed by atoms with van der Waals surface area (Å²) < 4.78 is 0. The number of unbranched alkanes of at least 4 members (excludes halogenated alkanes) is 1. The molecule has 0 spiro atoms. The lowest BCUT2D eigenvalue weighted by molar-refractivity contribution is 0.640. The third kappa shape index (κ3) is 5.02. The van der Waals surface area contributed by atoms with Crippen molar-refractivity contribution < 1.29 is 0 Å². The fourth-order valence-electron chi connectivity index (χ4n) is 2.29. The summed E-state index contributed by atoms with van der Waals surface area (Å²) in [5.74, 6) is 0. The van der Waals surface area contributed by atoms with E-state index in [1.165, 1.54) is 35.1 Å². The standard InChI is InChI=1S/C18H22.C4H10/c1-5-15-8-12-17(13-9-15)18(3,4)16-10-6-14(2)7-11-16;1-3-4-2/h6-13H,5H2,1-4H3;3-4H2,1-2H3. The zero-order valence-electron chi connectivity index (χ0n) is 15.2. The van der Waals surface area contributed by atoms with E-state index in [0.717, 1.165) is 6.42 Å².